The molecule has 9 heteroatoms. The van der Waals surface area contributed by atoms with Crippen molar-refractivity contribution < 1.29 is 33.8 Å². The van der Waals surface area contributed by atoms with E-state index in [-0.39, 0.29) is 18.6 Å². The molecule has 178 valence electrons. The molecule has 0 aliphatic heterocycles. The van der Waals surface area contributed by atoms with Gasteiger partial charge in [-0.1, -0.05) is 48.5 Å². The zero-order chi connectivity index (χ0) is 24.2. The molecule has 2 aromatic carbocycles. The summed E-state index contributed by atoms with van der Waals surface area (Å²) < 4.78 is 9.97. The second kappa shape index (κ2) is 9.94. The Labute approximate surface area is 196 Å². The maximum Gasteiger partial charge on any atom is 0.407 e. The zero-order valence-electron chi connectivity index (χ0n) is 18.7. The number of hydrogen-bond donors (Lipinski definition) is 3. The first-order chi connectivity index (χ1) is 16.4. The summed E-state index contributed by atoms with van der Waals surface area (Å²) in [6.07, 6.45) is -0.285. The monoisotopic (exact) mass is 466 g/mol. The Balaban J connectivity index is 1.25. The standard InChI is InChI=1S/C25H26N2O7/c1-33-22(28)12-21(24(30)31)27-23(29)14-10-15(11-14)26-25(32)34-13-20-18-8-4-2-6-16(18)17-7-3-5-9-19(17)20/h2-9,14-15,20-21H,10-13H2,1H3,(H,26,32)(H,27,29)(H,30,31)/t14?,15?,21-/m0/s1. The van der Waals surface area contributed by atoms with Gasteiger partial charge in [-0.3, -0.25) is 9.59 Å². The molecule has 0 radical (unpaired) electrons. The van der Waals surface area contributed by atoms with E-state index in [0.29, 0.717) is 12.8 Å². The molecule has 2 aromatic rings. The minimum Gasteiger partial charge on any atom is -0.480 e. The third-order valence-electron chi connectivity index (χ3n) is 6.39. The minimum absolute atomic E-state index is 0.0409. The van der Waals surface area contributed by atoms with Gasteiger partial charge in [-0.05, 0) is 35.1 Å². The van der Waals surface area contributed by atoms with Gasteiger partial charge < -0.3 is 25.2 Å². The van der Waals surface area contributed by atoms with Crippen molar-refractivity contribution in [2.45, 2.75) is 37.3 Å². The molecule has 9 nitrogen and oxygen atoms in total. The highest BCUT2D eigenvalue weighted by Gasteiger charge is 2.38. The Kier molecular flexibility index (Phi) is 6.81. The van der Waals surface area contributed by atoms with E-state index in [1.165, 1.54) is 0 Å². The van der Waals surface area contributed by atoms with E-state index < -0.39 is 42.3 Å². The van der Waals surface area contributed by atoms with Crippen LogP contribution in [-0.2, 0) is 23.9 Å². The number of benzene rings is 2. The van der Waals surface area contributed by atoms with E-state index in [2.05, 4.69) is 27.5 Å². The predicted octanol–water partition coefficient (Wildman–Crippen LogP) is 2.44. The predicted molar refractivity (Wildman–Crippen MR) is 121 cm³/mol. The average Bonchev–Trinajstić information content (AvgIpc) is 3.12. The highest BCUT2D eigenvalue weighted by molar-refractivity contribution is 5.88. The number of carbonyl (C=O) groups excluding carboxylic acids is 3. The first kappa shape index (κ1) is 23.3. The lowest BCUT2D eigenvalue weighted by molar-refractivity contribution is -0.149. The molecule has 2 aliphatic carbocycles. The van der Waals surface area contributed by atoms with Crippen molar-refractivity contribution >= 4 is 23.9 Å². The van der Waals surface area contributed by atoms with E-state index >= 15 is 0 Å². The molecule has 0 unspecified atom stereocenters. The summed E-state index contributed by atoms with van der Waals surface area (Å²) in [6, 6.07) is 14.5. The molecule has 0 bridgehead atoms. The third kappa shape index (κ3) is 4.88. The van der Waals surface area contributed by atoms with E-state index in [4.69, 9.17) is 4.74 Å². The lowest BCUT2D eigenvalue weighted by Crippen LogP contribution is -2.52. The molecule has 3 N–H and O–H groups in total. The smallest absolute Gasteiger partial charge is 0.407 e. The van der Waals surface area contributed by atoms with Crippen molar-refractivity contribution in [2.75, 3.05) is 13.7 Å². The molecule has 0 saturated heterocycles. The fourth-order valence-electron chi connectivity index (χ4n) is 4.50. The molecule has 2 amide bonds. The normalized spacial score (nSPS) is 19.1. The Hall–Kier alpha value is -3.88. The van der Waals surface area contributed by atoms with Crippen LogP contribution < -0.4 is 10.6 Å². The molecule has 0 spiro atoms. The van der Waals surface area contributed by atoms with Gasteiger partial charge in [-0.25, -0.2) is 9.59 Å². The number of carbonyl (C=O) groups is 4. The van der Waals surface area contributed by atoms with Crippen LogP contribution in [0.1, 0.15) is 36.3 Å². The molecule has 1 fully saturated rings. The Bertz CT molecular complexity index is 1060. The van der Waals surface area contributed by atoms with Gasteiger partial charge in [0.05, 0.1) is 13.5 Å². The van der Waals surface area contributed by atoms with Gasteiger partial charge in [0, 0.05) is 17.9 Å². The van der Waals surface area contributed by atoms with Crippen LogP contribution in [0.25, 0.3) is 11.1 Å². The van der Waals surface area contributed by atoms with Crippen molar-refractivity contribution in [3.63, 3.8) is 0 Å². The van der Waals surface area contributed by atoms with Gasteiger partial charge in [0.25, 0.3) is 0 Å². The van der Waals surface area contributed by atoms with Gasteiger partial charge >= 0.3 is 18.0 Å². The van der Waals surface area contributed by atoms with Crippen molar-refractivity contribution in [3.05, 3.63) is 59.7 Å². The molecule has 2 aliphatic rings. The Morgan fingerprint density at radius 3 is 2.15 bits per heavy atom. The number of methoxy groups -OCH3 is 1. The van der Waals surface area contributed by atoms with Crippen LogP contribution >= 0.6 is 0 Å². The minimum atomic E-state index is -1.35. The maximum atomic E-state index is 12.4. The van der Waals surface area contributed by atoms with Crippen LogP contribution in [0.2, 0.25) is 0 Å². The molecule has 0 heterocycles. The molecule has 1 atom stereocenters. The van der Waals surface area contributed by atoms with E-state index in [9.17, 15) is 24.3 Å². The first-order valence-electron chi connectivity index (χ1n) is 11.1. The van der Waals surface area contributed by atoms with Gasteiger partial charge in [0.15, 0.2) is 0 Å². The van der Waals surface area contributed by atoms with Crippen molar-refractivity contribution in [2.24, 2.45) is 5.92 Å². The van der Waals surface area contributed by atoms with Crippen LogP contribution in [0.4, 0.5) is 4.79 Å². The SMILES string of the molecule is COC(=O)C[C@H](NC(=O)C1CC(NC(=O)OCC2c3ccccc3-c3ccccc32)C1)C(=O)O. The fourth-order valence-corrected chi connectivity index (χ4v) is 4.50. The second-order valence-electron chi connectivity index (χ2n) is 8.51. The lowest BCUT2D eigenvalue weighted by atomic mass is 9.79. The molecular formula is C25H26N2O7. The summed E-state index contributed by atoms with van der Waals surface area (Å²) >= 11 is 0. The summed E-state index contributed by atoms with van der Waals surface area (Å²) in [4.78, 5) is 47.3. The van der Waals surface area contributed by atoms with Crippen LogP contribution in [0.3, 0.4) is 0 Å². The summed E-state index contributed by atoms with van der Waals surface area (Å²) in [5, 5.41) is 14.3. The zero-order valence-corrected chi connectivity index (χ0v) is 18.7. The number of aliphatic carboxylic acids is 1. The Morgan fingerprint density at radius 1 is 1.00 bits per heavy atom. The van der Waals surface area contributed by atoms with E-state index in [0.717, 1.165) is 29.4 Å². The fraction of sp³-hybridized carbons (Fsp3) is 0.360. The third-order valence-corrected chi connectivity index (χ3v) is 6.39. The largest absolute Gasteiger partial charge is 0.480 e. The van der Waals surface area contributed by atoms with E-state index in [1.54, 1.807) is 0 Å². The number of alkyl carbamates (subject to hydrolysis) is 1. The number of rotatable bonds is 8. The van der Waals surface area contributed by atoms with Crippen LogP contribution in [0.15, 0.2) is 48.5 Å². The number of ether oxygens (including phenoxy) is 2. The number of amides is 2. The van der Waals surface area contributed by atoms with Gasteiger partial charge in [-0.2, -0.15) is 0 Å². The number of fused-ring (bicyclic) bond motifs is 3. The highest BCUT2D eigenvalue weighted by Crippen LogP contribution is 2.44. The van der Waals surface area contributed by atoms with Gasteiger partial charge in [0.2, 0.25) is 5.91 Å². The van der Waals surface area contributed by atoms with Gasteiger partial charge in [0.1, 0.15) is 12.6 Å². The second-order valence-corrected chi connectivity index (χ2v) is 8.51. The number of nitrogens with one attached hydrogen (secondary N) is 2. The summed E-state index contributed by atoms with van der Waals surface area (Å²) in [5.41, 5.74) is 4.53. The summed E-state index contributed by atoms with van der Waals surface area (Å²) in [6.45, 7) is 0.199. The highest BCUT2D eigenvalue weighted by atomic mass is 16.5. The maximum absolute atomic E-state index is 12.4. The Morgan fingerprint density at radius 2 is 1.59 bits per heavy atom. The quantitative estimate of drug-likeness (QED) is 0.509. The summed E-state index contributed by atoms with van der Waals surface area (Å²) in [7, 11) is 1.15. The van der Waals surface area contributed by atoms with Crippen LogP contribution in [-0.4, -0.2) is 54.8 Å². The van der Waals surface area contributed by atoms with Crippen LogP contribution in [0.5, 0.6) is 0 Å². The average molecular weight is 466 g/mol. The molecule has 0 aromatic heterocycles. The summed E-state index contributed by atoms with van der Waals surface area (Å²) in [5.74, 6) is -3.00. The number of carboxylic acids is 1. The number of hydrogen-bond acceptors (Lipinski definition) is 6. The van der Waals surface area contributed by atoms with Crippen molar-refractivity contribution in [3.8, 4) is 11.1 Å². The number of esters is 1. The first-order valence-corrected chi connectivity index (χ1v) is 11.1. The molecule has 1 saturated carbocycles. The van der Waals surface area contributed by atoms with Crippen molar-refractivity contribution in [1.29, 1.82) is 0 Å². The molecule has 4 rings (SSSR count). The number of carboxylic acid groups (broad SMARTS) is 1. The molecule has 34 heavy (non-hydrogen) atoms. The topological polar surface area (TPSA) is 131 Å². The van der Waals surface area contributed by atoms with Gasteiger partial charge in [-0.15, -0.1) is 0 Å². The van der Waals surface area contributed by atoms with Crippen LogP contribution in [0, 0.1) is 5.92 Å². The molecular weight excluding hydrogens is 440 g/mol. The van der Waals surface area contributed by atoms with Crippen molar-refractivity contribution in [1.82, 2.24) is 10.6 Å². The van der Waals surface area contributed by atoms with E-state index in [1.807, 2.05) is 36.4 Å². The lowest BCUT2D eigenvalue weighted by Gasteiger charge is -2.35.